The van der Waals surface area contributed by atoms with Gasteiger partial charge in [0.15, 0.2) is 5.78 Å². The van der Waals surface area contributed by atoms with Crippen molar-refractivity contribution in [3.8, 4) is 0 Å². The molecule has 0 atom stereocenters. The van der Waals surface area contributed by atoms with Crippen molar-refractivity contribution in [2.45, 2.75) is 17.9 Å². The number of thioether (sulfide) groups is 1. The number of thiocarbonyl (C=S) groups is 1. The second-order valence-electron chi connectivity index (χ2n) is 7.70. The van der Waals surface area contributed by atoms with Crippen molar-refractivity contribution in [2.75, 3.05) is 26.2 Å². The minimum atomic E-state index is 0.0848. The fourth-order valence-corrected chi connectivity index (χ4v) is 5.23. The smallest absolute Gasteiger partial charge is 0.159 e. The number of rotatable bonds is 5. The summed E-state index contributed by atoms with van der Waals surface area (Å²) in [6, 6.07) is 29.4. The minimum Gasteiger partial charge on any atom is -0.355 e. The molecule has 1 saturated heterocycles. The largest absolute Gasteiger partial charge is 0.355 e. The highest BCUT2D eigenvalue weighted by molar-refractivity contribution is 8.22. The third kappa shape index (κ3) is 5.42. The first-order valence-corrected chi connectivity index (χ1v) is 11.8. The second-order valence-corrected chi connectivity index (χ2v) is 9.40. The van der Waals surface area contributed by atoms with Crippen molar-refractivity contribution < 1.29 is 4.79 Å². The van der Waals surface area contributed by atoms with Gasteiger partial charge in [0.1, 0.15) is 4.32 Å². The molecule has 158 valence electrons. The number of carbonyl (C=O) groups excluding carboxylic acids is 1. The topological polar surface area (TPSA) is 23.6 Å². The maximum Gasteiger partial charge on any atom is 0.159 e. The minimum absolute atomic E-state index is 0.0848. The lowest BCUT2D eigenvalue weighted by molar-refractivity contribution is 0.101. The van der Waals surface area contributed by atoms with Crippen molar-refractivity contribution in [2.24, 2.45) is 0 Å². The summed E-state index contributed by atoms with van der Waals surface area (Å²) >= 11 is 7.34. The Balaban J connectivity index is 1.41. The lowest BCUT2D eigenvalue weighted by Gasteiger charge is -2.40. The number of hydrogen-bond acceptors (Lipinski definition) is 4. The average molecular weight is 447 g/mol. The molecule has 4 rings (SSSR count). The van der Waals surface area contributed by atoms with E-state index in [-0.39, 0.29) is 11.8 Å². The van der Waals surface area contributed by atoms with E-state index in [1.165, 1.54) is 11.1 Å². The van der Waals surface area contributed by atoms with E-state index < -0.39 is 0 Å². The van der Waals surface area contributed by atoms with Crippen LogP contribution in [0, 0.1) is 0 Å². The van der Waals surface area contributed by atoms with Gasteiger partial charge in [-0.05, 0) is 30.2 Å². The van der Waals surface area contributed by atoms with Crippen LogP contribution in [0.25, 0.3) is 0 Å². The molecule has 0 bridgehead atoms. The fraction of sp³-hybridized carbons (Fsp3) is 0.231. The van der Waals surface area contributed by atoms with Gasteiger partial charge in [-0.15, -0.1) is 0 Å². The van der Waals surface area contributed by atoms with Crippen LogP contribution in [-0.4, -0.2) is 46.1 Å². The number of carbonyl (C=O) groups is 1. The second kappa shape index (κ2) is 10.2. The van der Waals surface area contributed by atoms with Crippen molar-refractivity contribution in [1.82, 2.24) is 9.80 Å². The molecular formula is C26H26N2OS2. The van der Waals surface area contributed by atoms with Crippen molar-refractivity contribution in [1.29, 1.82) is 0 Å². The summed E-state index contributed by atoms with van der Waals surface area (Å²) < 4.78 is 0.895. The standard InChI is InChI=1S/C26H26N2OS2/c1-20(29)21-12-14-24(15-13-21)31-26(30)28-18-16-27(17-19-28)25(22-8-4-2-5-9-22)23-10-6-3-7-11-23/h2-15,25H,16-19H2,1H3. The Morgan fingerprint density at radius 2 is 1.32 bits per heavy atom. The summed E-state index contributed by atoms with van der Waals surface area (Å²) in [6.07, 6.45) is 0. The normalized spacial score (nSPS) is 14.6. The molecule has 5 heteroatoms. The molecule has 0 unspecified atom stereocenters. The van der Waals surface area contributed by atoms with Crippen LogP contribution >= 0.6 is 24.0 Å². The van der Waals surface area contributed by atoms with E-state index in [0.29, 0.717) is 0 Å². The van der Waals surface area contributed by atoms with E-state index in [9.17, 15) is 4.79 Å². The van der Waals surface area contributed by atoms with E-state index in [0.717, 1.165) is 41.0 Å². The van der Waals surface area contributed by atoms with Crippen LogP contribution in [0.3, 0.4) is 0 Å². The SMILES string of the molecule is CC(=O)c1ccc(SC(=S)N2CCN(C(c3ccccc3)c3ccccc3)CC2)cc1. The van der Waals surface area contributed by atoms with E-state index in [1.807, 2.05) is 24.3 Å². The Bertz CT molecular complexity index is 975. The van der Waals surface area contributed by atoms with E-state index in [4.69, 9.17) is 12.2 Å². The molecule has 0 N–H and O–H groups in total. The molecule has 1 fully saturated rings. The van der Waals surface area contributed by atoms with Crippen molar-refractivity contribution >= 4 is 34.1 Å². The summed E-state index contributed by atoms with van der Waals surface area (Å²) in [4.78, 5) is 17.4. The van der Waals surface area contributed by atoms with Gasteiger partial charge < -0.3 is 4.90 Å². The van der Waals surface area contributed by atoms with Crippen LogP contribution in [0.4, 0.5) is 0 Å². The van der Waals surface area contributed by atoms with Gasteiger partial charge in [-0.25, -0.2) is 0 Å². The molecule has 3 aromatic rings. The van der Waals surface area contributed by atoms with Crippen molar-refractivity contribution in [3.05, 3.63) is 102 Å². The number of hydrogen-bond donors (Lipinski definition) is 0. The molecule has 3 nitrogen and oxygen atoms in total. The molecule has 0 saturated carbocycles. The zero-order chi connectivity index (χ0) is 21.6. The fourth-order valence-electron chi connectivity index (χ4n) is 3.97. The van der Waals surface area contributed by atoms with Crippen molar-refractivity contribution in [3.63, 3.8) is 0 Å². The van der Waals surface area contributed by atoms with Gasteiger partial charge in [-0.3, -0.25) is 9.69 Å². The summed E-state index contributed by atoms with van der Waals surface area (Å²) in [6.45, 7) is 5.32. The number of piperazine rings is 1. The Labute approximate surface area is 194 Å². The zero-order valence-electron chi connectivity index (χ0n) is 17.6. The third-order valence-corrected chi connectivity index (χ3v) is 7.08. The molecule has 1 heterocycles. The van der Waals surface area contributed by atoms with E-state index in [1.54, 1.807) is 18.7 Å². The highest BCUT2D eigenvalue weighted by Gasteiger charge is 2.27. The number of Topliss-reactive ketones (excluding diaryl/α,β-unsaturated/α-hetero) is 1. The van der Waals surface area contributed by atoms with E-state index >= 15 is 0 Å². The molecule has 0 aliphatic carbocycles. The average Bonchev–Trinajstić information content (AvgIpc) is 2.81. The molecule has 0 aromatic heterocycles. The van der Waals surface area contributed by atoms with Gasteiger partial charge >= 0.3 is 0 Å². The maximum atomic E-state index is 11.5. The van der Waals surface area contributed by atoms with Crippen LogP contribution in [0.2, 0.25) is 0 Å². The first kappa shape index (κ1) is 21.8. The van der Waals surface area contributed by atoms with Crippen LogP contribution < -0.4 is 0 Å². The first-order chi connectivity index (χ1) is 15.1. The lowest BCUT2D eigenvalue weighted by Crippen LogP contribution is -2.48. The van der Waals surface area contributed by atoms with Gasteiger partial charge in [0.05, 0.1) is 6.04 Å². The number of benzene rings is 3. The van der Waals surface area contributed by atoms with Crippen LogP contribution in [-0.2, 0) is 0 Å². The molecule has 1 aliphatic heterocycles. The summed E-state index contributed by atoms with van der Waals surface area (Å²) in [7, 11) is 0. The Hall–Kier alpha value is -2.47. The molecule has 0 spiro atoms. The monoisotopic (exact) mass is 446 g/mol. The van der Waals surface area contributed by atoms with Crippen LogP contribution in [0.5, 0.6) is 0 Å². The molecule has 1 aliphatic rings. The molecule has 3 aromatic carbocycles. The number of nitrogens with zero attached hydrogens (tertiary/aromatic N) is 2. The molecule has 0 radical (unpaired) electrons. The van der Waals surface area contributed by atoms with E-state index in [2.05, 4.69) is 70.5 Å². The molecular weight excluding hydrogens is 420 g/mol. The van der Waals surface area contributed by atoms with Gasteiger partial charge in [0.25, 0.3) is 0 Å². The predicted octanol–water partition coefficient (Wildman–Crippen LogP) is 5.67. The Morgan fingerprint density at radius 1 is 0.806 bits per heavy atom. The first-order valence-electron chi connectivity index (χ1n) is 10.5. The molecule has 31 heavy (non-hydrogen) atoms. The quantitative estimate of drug-likeness (QED) is 0.285. The number of ketones is 1. The Kier molecular flexibility index (Phi) is 7.17. The highest BCUT2D eigenvalue weighted by atomic mass is 32.2. The summed E-state index contributed by atoms with van der Waals surface area (Å²) in [5, 5.41) is 0. The van der Waals surface area contributed by atoms with Gasteiger partial charge in [0, 0.05) is 36.6 Å². The predicted molar refractivity (Wildman–Crippen MR) is 133 cm³/mol. The Morgan fingerprint density at radius 3 is 1.81 bits per heavy atom. The summed E-state index contributed by atoms with van der Waals surface area (Å²) in [5.41, 5.74) is 3.38. The zero-order valence-corrected chi connectivity index (χ0v) is 19.2. The molecule has 0 amide bonds. The van der Waals surface area contributed by atoms with Gasteiger partial charge in [-0.1, -0.05) is 96.8 Å². The van der Waals surface area contributed by atoms with Crippen LogP contribution in [0.15, 0.2) is 89.8 Å². The summed E-state index contributed by atoms with van der Waals surface area (Å²) in [5.74, 6) is 0.0848. The van der Waals surface area contributed by atoms with Crippen LogP contribution in [0.1, 0.15) is 34.5 Å². The maximum absolute atomic E-state index is 11.5. The lowest BCUT2D eigenvalue weighted by atomic mass is 9.96. The highest BCUT2D eigenvalue weighted by Crippen LogP contribution is 2.30. The van der Waals surface area contributed by atoms with Gasteiger partial charge in [-0.2, -0.15) is 0 Å². The third-order valence-electron chi connectivity index (χ3n) is 5.63. The van der Waals surface area contributed by atoms with Gasteiger partial charge in [0.2, 0.25) is 0 Å².